The molecular weight excluding hydrogens is 268 g/mol. The van der Waals surface area contributed by atoms with Gasteiger partial charge in [-0.15, -0.1) is 0 Å². The summed E-state index contributed by atoms with van der Waals surface area (Å²) in [5.41, 5.74) is 1.29. The molecule has 0 saturated carbocycles. The highest BCUT2D eigenvalue weighted by Crippen LogP contribution is 2.20. The Balaban J connectivity index is 1.64. The highest BCUT2D eigenvalue weighted by molar-refractivity contribution is 7.07. The van der Waals surface area contributed by atoms with E-state index in [1.165, 1.54) is 23.8 Å². The Labute approximate surface area is 115 Å². The molecule has 5 heteroatoms. The van der Waals surface area contributed by atoms with Gasteiger partial charge >= 0.3 is 0 Å². The Kier molecular flexibility index (Phi) is 5.30. The molecule has 0 spiro atoms. The zero-order chi connectivity index (χ0) is 13.5. The predicted octanol–water partition coefficient (Wildman–Crippen LogP) is 3.24. The number of hydrogen-bond acceptors (Lipinski definition) is 3. The molecule has 0 fully saturated rings. The van der Waals surface area contributed by atoms with Gasteiger partial charge in [0.2, 0.25) is 0 Å². The van der Waals surface area contributed by atoms with E-state index in [1.54, 1.807) is 11.3 Å². The largest absolute Gasteiger partial charge is 0.486 e. The van der Waals surface area contributed by atoms with Gasteiger partial charge in [-0.1, -0.05) is 6.07 Å². The Bertz CT molecular complexity index is 482. The summed E-state index contributed by atoms with van der Waals surface area (Å²) in [6.45, 7) is 1.61. The summed E-state index contributed by atoms with van der Waals surface area (Å²) in [5, 5.41) is 7.31. The van der Waals surface area contributed by atoms with E-state index in [2.05, 4.69) is 16.8 Å². The highest BCUT2D eigenvalue weighted by atomic mass is 32.1. The van der Waals surface area contributed by atoms with Crippen molar-refractivity contribution in [1.82, 2.24) is 5.32 Å². The number of ether oxygens (including phenoxy) is 1. The lowest BCUT2D eigenvalue weighted by atomic mass is 10.2. The number of rotatable bonds is 7. The van der Waals surface area contributed by atoms with Crippen LogP contribution >= 0.6 is 11.3 Å². The van der Waals surface area contributed by atoms with Crippen molar-refractivity contribution in [3.05, 3.63) is 52.2 Å². The van der Waals surface area contributed by atoms with Crippen LogP contribution in [-0.2, 0) is 6.42 Å². The molecule has 2 nitrogen and oxygen atoms in total. The Morgan fingerprint density at radius 1 is 1.11 bits per heavy atom. The monoisotopic (exact) mass is 283 g/mol. The second kappa shape index (κ2) is 7.21. The lowest BCUT2D eigenvalue weighted by Gasteiger charge is -2.08. The smallest absolute Gasteiger partial charge is 0.190 e. The van der Waals surface area contributed by atoms with Gasteiger partial charge in [-0.25, -0.2) is 8.78 Å². The third-order valence-corrected chi connectivity index (χ3v) is 3.35. The first-order valence-corrected chi connectivity index (χ1v) is 7.00. The van der Waals surface area contributed by atoms with Crippen LogP contribution in [0.25, 0.3) is 0 Å². The molecule has 1 heterocycles. The fourth-order valence-electron chi connectivity index (χ4n) is 1.64. The van der Waals surface area contributed by atoms with Crippen LogP contribution in [0.3, 0.4) is 0 Å². The molecule has 1 aromatic heterocycles. The van der Waals surface area contributed by atoms with Crippen molar-refractivity contribution < 1.29 is 13.5 Å². The molecule has 0 atom stereocenters. The maximum atomic E-state index is 13.2. The first-order chi connectivity index (χ1) is 9.27. The Hall–Kier alpha value is -1.46. The molecule has 0 aliphatic heterocycles. The molecule has 0 aliphatic carbocycles. The molecule has 19 heavy (non-hydrogen) atoms. The molecule has 1 N–H and O–H groups in total. The third-order valence-electron chi connectivity index (χ3n) is 2.61. The SMILES string of the molecule is Fc1cccc(F)c1OCCNCCc1ccsc1. The lowest BCUT2D eigenvalue weighted by Crippen LogP contribution is -2.23. The maximum Gasteiger partial charge on any atom is 0.190 e. The van der Waals surface area contributed by atoms with E-state index in [0.717, 1.165) is 13.0 Å². The van der Waals surface area contributed by atoms with Crippen LogP contribution in [0.4, 0.5) is 8.78 Å². The molecule has 1 aromatic carbocycles. The molecule has 2 aromatic rings. The van der Waals surface area contributed by atoms with Crippen molar-refractivity contribution in [2.45, 2.75) is 6.42 Å². The van der Waals surface area contributed by atoms with E-state index in [4.69, 9.17) is 4.74 Å². The van der Waals surface area contributed by atoms with Crippen molar-refractivity contribution in [2.75, 3.05) is 19.7 Å². The van der Waals surface area contributed by atoms with Gasteiger partial charge in [0.25, 0.3) is 0 Å². The van der Waals surface area contributed by atoms with Crippen molar-refractivity contribution in [2.24, 2.45) is 0 Å². The average Bonchev–Trinajstić information content (AvgIpc) is 2.89. The van der Waals surface area contributed by atoms with E-state index < -0.39 is 11.6 Å². The number of nitrogens with one attached hydrogen (secondary N) is 1. The normalized spacial score (nSPS) is 10.6. The molecule has 102 valence electrons. The van der Waals surface area contributed by atoms with E-state index in [9.17, 15) is 8.78 Å². The van der Waals surface area contributed by atoms with Gasteiger partial charge in [-0.3, -0.25) is 0 Å². The van der Waals surface area contributed by atoms with E-state index in [-0.39, 0.29) is 12.4 Å². The standard InChI is InChI=1S/C14H15F2NOS/c15-12-2-1-3-13(16)14(12)18-8-7-17-6-4-11-5-9-19-10-11/h1-3,5,9-10,17H,4,6-8H2. The zero-order valence-electron chi connectivity index (χ0n) is 10.4. The predicted molar refractivity (Wildman–Crippen MR) is 72.7 cm³/mol. The van der Waals surface area contributed by atoms with Crippen molar-refractivity contribution in [3.8, 4) is 5.75 Å². The van der Waals surface area contributed by atoms with Gasteiger partial charge in [-0.2, -0.15) is 11.3 Å². The van der Waals surface area contributed by atoms with Gasteiger partial charge in [0.05, 0.1) is 0 Å². The summed E-state index contributed by atoms with van der Waals surface area (Å²) in [6.07, 6.45) is 0.942. The number of benzene rings is 1. The fourth-order valence-corrected chi connectivity index (χ4v) is 2.34. The van der Waals surface area contributed by atoms with E-state index in [1.807, 2.05) is 5.38 Å². The Morgan fingerprint density at radius 3 is 2.58 bits per heavy atom. The van der Waals surface area contributed by atoms with E-state index in [0.29, 0.717) is 6.54 Å². The van der Waals surface area contributed by atoms with Gasteiger partial charge in [-0.05, 0) is 47.5 Å². The minimum atomic E-state index is -0.668. The minimum Gasteiger partial charge on any atom is -0.486 e. The number of thiophene rings is 1. The average molecular weight is 283 g/mol. The Morgan fingerprint density at radius 2 is 1.89 bits per heavy atom. The lowest BCUT2D eigenvalue weighted by molar-refractivity contribution is 0.283. The minimum absolute atomic E-state index is 0.238. The molecule has 2 rings (SSSR count). The van der Waals surface area contributed by atoms with Crippen LogP contribution in [0.2, 0.25) is 0 Å². The summed E-state index contributed by atoms with van der Waals surface area (Å²) in [6, 6.07) is 5.76. The summed E-state index contributed by atoms with van der Waals surface area (Å²) >= 11 is 1.67. The maximum absolute atomic E-state index is 13.2. The third kappa shape index (κ3) is 4.29. The summed E-state index contributed by atoms with van der Waals surface area (Å²) in [7, 11) is 0. The summed E-state index contributed by atoms with van der Waals surface area (Å²) in [5.74, 6) is -1.64. The van der Waals surface area contributed by atoms with Crippen LogP contribution < -0.4 is 10.1 Å². The van der Waals surface area contributed by atoms with Crippen molar-refractivity contribution in [3.63, 3.8) is 0 Å². The highest BCUT2D eigenvalue weighted by Gasteiger charge is 2.08. The molecule has 0 bridgehead atoms. The van der Waals surface area contributed by atoms with Gasteiger partial charge in [0, 0.05) is 6.54 Å². The summed E-state index contributed by atoms with van der Waals surface area (Å²) < 4.78 is 31.5. The molecule has 0 unspecified atom stereocenters. The zero-order valence-corrected chi connectivity index (χ0v) is 11.2. The second-order valence-corrected chi connectivity index (χ2v) is 4.81. The topological polar surface area (TPSA) is 21.3 Å². The second-order valence-electron chi connectivity index (χ2n) is 4.03. The van der Waals surface area contributed by atoms with Gasteiger partial charge in [0.1, 0.15) is 6.61 Å². The van der Waals surface area contributed by atoms with Crippen LogP contribution in [0.5, 0.6) is 5.75 Å². The van der Waals surface area contributed by atoms with Gasteiger partial charge in [0.15, 0.2) is 17.4 Å². The fraction of sp³-hybridized carbons (Fsp3) is 0.286. The van der Waals surface area contributed by atoms with E-state index >= 15 is 0 Å². The van der Waals surface area contributed by atoms with Crippen LogP contribution in [0, 0.1) is 11.6 Å². The number of para-hydroxylation sites is 1. The molecular formula is C14H15F2NOS. The molecule has 0 aliphatic rings. The van der Waals surface area contributed by atoms with Crippen molar-refractivity contribution in [1.29, 1.82) is 0 Å². The van der Waals surface area contributed by atoms with Gasteiger partial charge < -0.3 is 10.1 Å². The molecule has 0 saturated heterocycles. The quantitative estimate of drug-likeness (QED) is 0.788. The molecule has 0 amide bonds. The van der Waals surface area contributed by atoms with Crippen LogP contribution in [0.1, 0.15) is 5.56 Å². The first-order valence-electron chi connectivity index (χ1n) is 6.06. The summed E-state index contributed by atoms with van der Waals surface area (Å²) in [4.78, 5) is 0. The first kappa shape index (κ1) is 14.0. The number of halogens is 2. The van der Waals surface area contributed by atoms with Crippen LogP contribution in [-0.4, -0.2) is 19.7 Å². The number of hydrogen-bond donors (Lipinski definition) is 1. The van der Waals surface area contributed by atoms with Crippen molar-refractivity contribution >= 4 is 11.3 Å². The van der Waals surface area contributed by atoms with Crippen LogP contribution in [0.15, 0.2) is 35.0 Å². The molecule has 0 radical (unpaired) electrons.